The summed E-state index contributed by atoms with van der Waals surface area (Å²) in [5, 5.41) is 3.09. The van der Waals surface area contributed by atoms with Gasteiger partial charge >= 0.3 is 0 Å². The van der Waals surface area contributed by atoms with Crippen LogP contribution in [0.3, 0.4) is 0 Å². The minimum absolute atomic E-state index is 0.0755. The van der Waals surface area contributed by atoms with Crippen molar-refractivity contribution < 1.29 is 9.21 Å². The van der Waals surface area contributed by atoms with Gasteiger partial charge in [0, 0.05) is 35.4 Å². The second kappa shape index (κ2) is 6.47. The van der Waals surface area contributed by atoms with Crippen molar-refractivity contribution in [2.75, 3.05) is 0 Å². The summed E-state index contributed by atoms with van der Waals surface area (Å²) in [5.74, 6) is 1.17. The average Bonchev–Trinajstić information content (AvgIpc) is 3.08. The minimum Gasteiger partial charge on any atom is -0.469 e. The highest BCUT2D eigenvalue weighted by atomic mass is 16.3. The topological polar surface area (TPSA) is 80.9 Å². The lowest BCUT2D eigenvalue weighted by Gasteiger charge is -2.25. The van der Waals surface area contributed by atoms with Crippen LogP contribution in [0, 0.1) is 6.92 Å². The molecular weight excluding hydrogens is 316 g/mol. The third-order valence-corrected chi connectivity index (χ3v) is 4.51. The second-order valence-corrected chi connectivity index (χ2v) is 6.15. The molecule has 0 spiro atoms. The molecule has 25 heavy (non-hydrogen) atoms. The largest absolute Gasteiger partial charge is 0.469 e. The van der Waals surface area contributed by atoms with E-state index in [9.17, 15) is 4.79 Å². The van der Waals surface area contributed by atoms with E-state index in [0.29, 0.717) is 17.1 Å². The highest BCUT2D eigenvalue weighted by Crippen LogP contribution is 2.30. The van der Waals surface area contributed by atoms with Gasteiger partial charge in [-0.05, 0) is 44.4 Å². The standard InChI is InChI=1S/C19H18N4O2/c1-12-14(7-9-25-12)19(24)23-17-6-2-5-16-15(17)11-21-18(22-16)13-4-3-8-20-10-13/h3-4,7-11,17H,2,5-6H2,1H3,(H,23,24). The molecular formula is C19H18N4O2. The minimum atomic E-state index is -0.125. The average molecular weight is 334 g/mol. The van der Waals surface area contributed by atoms with Crippen LogP contribution < -0.4 is 5.32 Å². The first kappa shape index (κ1) is 15.5. The number of fused-ring (bicyclic) bond motifs is 1. The number of furan rings is 1. The summed E-state index contributed by atoms with van der Waals surface area (Å²) < 4.78 is 5.22. The van der Waals surface area contributed by atoms with Gasteiger partial charge in [0.05, 0.1) is 17.9 Å². The Kier molecular flexibility index (Phi) is 4.01. The maximum absolute atomic E-state index is 12.5. The molecule has 1 aliphatic carbocycles. The lowest BCUT2D eigenvalue weighted by atomic mass is 9.92. The van der Waals surface area contributed by atoms with Gasteiger partial charge in [0.2, 0.25) is 0 Å². The summed E-state index contributed by atoms with van der Waals surface area (Å²) in [6, 6.07) is 5.43. The first-order valence-corrected chi connectivity index (χ1v) is 8.33. The Hall–Kier alpha value is -3.02. The van der Waals surface area contributed by atoms with Gasteiger partial charge in [-0.25, -0.2) is 9.97 Å². The molecule has 3 aromatic heterocycles. The number of pyridine rings is 1. The first-order chi connectivity index (χ1) is 12.2. The molecule has 0 saturated heterocycles. The first-order valence-electron chi connectivity index (χ1n) is 8.33. The van der Waals surface area contributed by atoms with Crippen LogP contribution in [0.4, 0.5) is 0 Å². The van der Waals surface area contributed by atoms with Crippen LogP contribution in [-0.2, 0) is 6.42 Å². The maximum atomic E-state index is 12.5. The highest BCUT2D eigenvalue weighted by Gasteiger charge is 2.25. The Balaban J connectivity index is 1.60. The normalized spacial score (nSPS) is 16.3. The van der Waals surface area contributed by atoms with E-state index < -0.39 is 0 Å². The summed E-state index contributed by atoms with van der Waals surface area (Å²) in [4.78, 5) is 25.8. The van der Waals surface area contributed by atoms with Crippen LogP contribution in [0.15, 0.2) is 47.5 Å². The van der Waals surface area contributed by atoms with E-state index in [0.717, 1.165) is 36.1 Å². The molecule has 1 aliphatic rings. The summed E-state index contributed by atoms with van der Waals surface area (Å²) in [7, 11) is 0. The van der Waals surface area contributed by atoms with Gasteiger partial charge in [-0.2, -0.15) is 0 Å². The lowest BCUT2D eigenvalue weighted by Crippen LogP contribution is -2.31. The number of hydrogen-bond donors (Lipinski definition) is 1. The SMILES string of the molecule is Cc1occc1C(=O)NC1CCCc2nc(-c3cccnc3)ncc21. The smallest absolute Gasteiger partial charge is 0.255 e. The molecule has 0 radical (unpaired) electrons. The van der Waals surface area contributed by atoms with Crippen molar-refractivity contribution in [1.29, 1.82) is 0 Å². The van der Waals surface area contributed by atoms with Gasteiger partial charge in [0.1, 0.15) is 5.76 Å². The van der Waals surface area contributed by atoms with Gasteiger partial charge in [-0.3, -0.25) is 9.78 Å². The molecule has 1 unspecified atom stereocenters. The van der Waals surface area contributed by atoms with Crippen LogP contribution in [0.2, 0.25) is 0 Å². The monoisotopic (exact) mass is 334 g/mol. The van der Waals surface area contributed by atoms with E-state index in [2.05, 4.69) is 15.3 Å². The molecule has 1 atom stereocenters. The molecule has 0 aromatic carbocycles. The summed E-state index contributed by atoms with van der Waals surface area (Å²) in [6.07, 6.45) is 9.59. The van der Waals surface area contributed by atoms with Crippen molar-refractivity contribution in [2.45, 2.75) is 32.2 Å². The molecule has 4 rings (SSSR count). The predicted octanol–water partition coefficient (Wildman–Crippen LogP) is 3.25. The number of carbonyl (C=O) groups is 1. The van der Waals surface area contributed by atoms with Gasteiger partial charge < -0.3 is 9.73 Å². The molecule has 126 valence electrons. The number of aryl methyl sites for hydroxylation is 2. The number of rotatable bonds is 3. The van der Waals surface area contributed by atoms with Crippen molar-refractivity contribution in [3.63, 3.8) is 0 Å². The Morgan fingerprint density at radius 2 is 2.24 bits per heavy atom. The fourth-order valence-corrected chi connectivity index (χ4v) is 3.19. The van der Waals surface area contributed by atoms with E-state index in [1.807, 2.05) is 18.3 Å². The third kappa shape index (κ3) is 3.03. The molecule has 3 aromatic rings. The van der Waals surface area contributed by atoms with Crippen LogP contribution in [-0.4, -0.2) is 20.9 Å². The zero-order valence-corrected chi connectivity index (χ0v) is 13.9. The maximum Gasteiger partial charge on any atom is 0.255 e. The number of hydrogen-bond acceptors (Lipinski definition) is 5. The van der Waals surface area contributed by atoms with Crippen LogP contribution >= 0.6 is 0 Å². The molecule has 6 heteroatoms. The van der Waals surface area contributed by atoms with E-state index in [1.54, 1.807) is 25.4 Å². The number of nitrogens with one attached hydrogen (secondary N) is 1. The van der Waals surface area contributed by atoms with E-state index in [4.69, 9.17) is 9.40 Å². The number of nitrogens with zero attached hydrogens (tertiary/aromatic N) is 3. The molecule has 1 amide bonds. The molecule has 0 bridgehead atoms. The van der Waals surface area contributed by atoms with Crippen LogP contribution in [0.5, 0.6) is 0 Å². The number of carbonyl (C=O) groups excluding carboxylic acids is 1. The quantitative estimate of drug-likeness (QED) is 0.795. The zero-order chi connectivity index (χ0) is 17.2. The summed E-state index contributed by atoms with van der Waals surface area (Å²) in [5.41, 5.74) is 3.45. The third-order valence-electron chi connectivity index (χ3n) is 4.51. The fraction of sp³-hybridized carbons (Fsp3) is 0.263. The lowest BCUT2D eigenvalue weighted by molar-refractivity contribution is 0.0931. The van der Waals surface area contributed by atoms with Crippen molar-refractivity contribution in [3.05, 3.63) is 65.6 Å². The summed E-state index contributed by atoms with van der Waals surface area (Å²) in [6.45, 7) is 1.78. The van der Waals surface area contributed by atoms with E-state index in [1.165, 1.54) is 6.26 Å². The van der Waals surface area contributed by atoms with Crippen molar-refractivity contribution in [2.24, 2.45) is 0 Å². The summed E-state index contributed by atoms with van der Waals surface area (Å²) >= 11 is 0. The van der Waals surface area contributed by atoms with E-state index >= 15 is 0 Å². The number of aromatic nitrogens is 3. The van der Waals surface area contributed by atoms with Crippen molar-refractivity contribution >= 4 is 5.91 Å². The second-order valence-electron chi connectivity index (χ2n) is 6.15. The Labute approximate surface area is 145 Å². The number of amides is 1. The molecule has 0 fully saturated rings. The Bertz CT molecular complexity index is 905. The predicted molar refractivity (Wildman–Crippen MR) is 91.9 cm³/mol. The molecule has 0 aliphatic heterocycles. The highest BCUT2D eigenvalue weighted by molar-refractivity contribution is 5.95. The fourth-order valence-electron chi connectivity index (χ4n) is 3.19. The molecule has 6 nitrogen and oxygen atoms in total. The van der Waals surface area contributed by atoms with Gasteiger partial charge in [0.15, 0.2) is 5.82 Å². The zero-order valence-electron chi connectivity index (χ0n) is 13.9. The van der Waals surface area contributed by atoms with Crippen molar-refractivity contribution in [3.8, 4) is 11.4 Å². The van der Waals surface area contributed by atoms with Crippen LogP contribution in [0.1, 0.15) is 46.3 Å². The van der Waals surface area contributed by atoms with E-state index in [-0.39, 0.29) is 11.9 Å². The van der Waals surface area contributed by atoms with Crippen LogP contribution in [0.25, 0.3) is 11.4 Å². The Morgan fingerprint density at radius 3 is 3.00 bits per heavy atom. The van der Waals surface area contributed by atoms with Gasteiger partial charge in [0.25, 0.3) is 5.91 Å². The molecule has 3 heterocycles. The molecule has 1 N–H and O–H groups in total. The van der Waals surface area contributed by atoms with Gasteiger partial charge in [-0.1, -0.05) is 0 Å². The van der Waals surface area contributed by atoms with Crippen molar-refractivity contribution in [1.82, 2.24) is 20.3 Å². The van der Waals surface area contributed by atoms with Gasteiger partial charge in [-0.15, -0.1) is 0 Å². The molecule has 0 saturated carbocycles. The Morgan fingerprint density at radius 1 is 1.32 bits per heavy atom.